The molecule has 0 radical (unpaired) electrons. The molecule has 0 amide bonds. The summed E-state index contributed by atoms with van der Waals surface area (Å²) < 4.78 is 6.63. The first-order valence-corrected chi connectivity index (χ1v) is 13.5. The Morgan fingerprint density at radius 2 is 1.61 bits per heavy atom. The summed E-state index contributed by atoms with van der Waals surface area (Å²) in [5, 5.41) is 22.2. The Morgan fingerprint density at radius 3 is 2.30 bits per heavy atom. The zero-order chi connectivity index (χ0) is 23.8. The van der Waals surface area contributed by atoms with Crippen molar-refractivity contribution >= 4 is 5.97 Å². The van der Waals surface area contributed by atoms with Crippen molar-refractivity contribution in [2.24, 2.45) is 44.8 Å². The number of fused-ring (bicyclic) bond motifs is 5. The van der Waals surface area contributed by atoms with Crippen LogP contribution in [0, 0.1) is 44.8 Å². The molecule has 4 heteroatoms. The molecule has 2 heterocycles. The van der Waals surface area contributed by atoms with E-state index in [9.17, 15) is 15.0 Å². The third-order valence-electron chi connectivity index (χ3n) is 12.6. The summed E-state index contributed by atoms with van der Waals surface area (Å²) in [5.74, 6) is 0.918. The quantitative estimate of drug-likeness (QED) is 0.378. The van der Waals surface area contributed by atoms with E-state index in [0.29, 0.717) is 18.3 Å². The first kappa shape index (κ1) is 22.6. The molecule has 0 aromatic heterocycles. The van der Waals surface area contributed by atoms with Gasteiger partial charge in [0, 0.05) is 11.3 Å². The van der Waals surface area contributed by atoms with Crippen LogP contribution in [0.15, 0.2) is 11.6 Å². The molecule has 4 saturated carbocycles. The lowest BCUT2D eigenvalue weighted by Crippen LogP contribution is -2.75. The van der Waals surface area contributed by atoms with Gasteiger partial charge in [0.2, 0.25) is 0 Å². The van der Waals surface area contributed by atoms with Crippen molar-refractivity contribution in [3.05, 3.63) is 11.6 Å². The fraction of sp³-hybridized carbons (Fsp3) is 0.897. The van der Waals surface area contributed by atoms with E-state index >= 15 is 0 Å². The number of hydrogen-bond donors (Lipinski definition) is 2. The van der Waals surface area contributed by atoms with Crippen LogP contribution in [-0.4, -0.2) is 34.0 Å². The predicted octanol–water partition coefficient (Wildman–Crippen LogP) is 5.41. The summed E-state index contributed by atoms with van der Waals surface area (Å²) in [6.07, 6.45) is 9.97. The minimum absolute atomic E-state index is 0.0278. The highest BCUT2D eigenvalue weighted by molar-refractivity contribution is 5.83. The van der Waals surface area contributed by atoms with Gasteiger partial charge in [0.25, 0.3) is 0 Å². The molecule has 1 unspecified atom stereocenters. The van der Waals surface area contributed by atoms with Crippen molar-refractivity contribution in [2.45, 2.75) is 117 Å². The van der Waals surface area contributed by atoms with Gasteiger partial charge in [-0.2, -0.15) is 0 Å². The zero-order valence-electron chi connectivity index (χ0n) is 21.5. The van der Waals surface area contributed by atoms with Crippen LogP contribution in [0.4, 0.5) is 0 Å². The van der Waals surface area contributed by atoms with Crippen molar-refractivity contribution in [3.63, 3.8) is 0 Å². The van der Waals surface area contributed by atoms with Crippen molar-refractivity contribution < 1.29 is 19.7 Å². The van der Waals surface area contributed by atoms with Gasteiger partial charge in [0.15, 0.2) is 0 Å². The average Bonchev–Trinajstić information content (AvgIpc) is 2.70. The Morgan fingerprint density at radius 1 is 0.879 bits per heavy atom. The van der Waals surface area contributed by atoms with Crippen molar-refractivity contribution in [1.29, 1.82) is 0 Å². The van der Waals surface area contributed by atoms with Crippen molar-refractivity contribution in [1.82, 2.24) is 0 Å². The first-order valence-electron chi connectivity index (χ1n) is 13.5. The van der Waals surface area contributed by atoms with E-state index in [4.69, 9.17) is 4.74 Å². The zero-order valence-corrected chi connectivity index (χ0v) is 21.5. The smallest absolute Gasteiger partial charge is 0.316 e. The normalized spacial score (nSPS) is 55.9. The molecule has 2 bridgehead atoms. The number of aliphatic hydroxyl groups excluding tert-OH is 2. The van der Waals surface area contributed by atoms with Crippen molar-refractivity contribution in [2.75, 3.05) is 0 Å². The molecule has 6 fully saturated rings. The van der Waals surface area contributed by atoms with Gasteiger partial charge in [0.1, 0.15) is 11.0 Å². The summed E-state index contributed by atoms with van der Waals surface area (Å²) in [7, 11) is 0. The van der Waals surface area contributed by atoms with Gasteiger partial charge in [-0.05, 0) is 91.4 Å². The fourth-order valence-corrected chi connectivity index (χ4v) is 10.9. The summed E-state index contributed by atoms with van der Waals surface area (Å²) >= 11 is 0. The van der Waals surface area contributed by atoms with Crippen LogP contribution in [0.5, 0.6) is 0 Å². The number of hydrogen-bond acceptors (Lipinski definition) is 4. The molecule has 2 aliphatic heterocycles. The van der Waals surface area contributed by atoms with E-state index in [1.165, 1.54) is 5.57 Å². The molecule has 2 saturated heterocycles. The lowest BCUT2D eigenvalue weighted by atomic mass is 9.35. The average molecular weight is 457 g/mol. The van der Waals surface area contributed by atoms with E-state index in [1.54, 1.807) is 0 Å². The van der Waals surface area contributed by atoms with Crippen molar-refractivity contribution in [3.8, 4) is 0 Å². The van der Waals surface area contributed by atoms with Gasteiger partial charge in [-0.15, -0.1) is 0 Å². The summed E-state index contributed by atoms with van der Waals surface area (Å²) in [6.45, 7) is 13.9. The van der Waals surface area contributed by atoms with Crippen LogP contribution >= 0.6 is 0 Å². The standard InChI is InChI=1S/C29H44O4/c1-24(2)15-18-17-7-8-20-26(5)11-10-21(30)25(3,4)19(26)9-12-27(20,6)29(17)14-13-28(18,22(31)16-24)23(32)33-29/h7,18-22,30-31H,8-16H2,1-6H3/t18-,19-,20+,21-,22?,26-,27+,28-,29-/m0/s1. The molecule has 9 atom stereocenters. The number of rotatable bonds is 0. The lowest BCUT2D eigenvalue weighted by molar-refractivity contribution is -0.276. The lowest BCUT2D eigenvalue weighted by Gasteiger charge is -2.73. The summed E-state index contributed by atoms with van der Waals surface area (Å²) in [4.78, 5) is 13.8. The highest BCUT2D eigenvalue weighted by atomic mass is 16.6. The molecule has 0 aromatic rings. The number of ether oxygens (including phenoxy) is 1. The third kappa shape index (κ3) is 2.39. The first-order chi connectivity index (χ1) is 15.2. The van der Waals surface area contributed by atoms with Crippen LogP contribution in [0.25, 0.3) is 0 Å². The van der Waals surface area contributed by atoms with Gasteiger partial charge >= 0.3 is 5.97 Å². The number of carbonyl (C=O) groups is 1. The fourth-order valence-electron chi connectivity index (χ4n) is 10.9. The van der Waals surface area contributed by atoms with Crippen LogP contribution in [0.1, 0.15) is 99.3 Å². The minimum atomic E-state index is -0.732. The molecule has 2 spiro atoms. The molecular formula is C29H44O4. The molecular weight excluding hydrogens is 412 g/mol. The second kappa shape index (κ2) is 6.27. The Bertz CT molecular complexity index is 934. The molecule has 184 valence electrons. The van der Waals surface area contributed by atoms with E-state index in [-0.39, 0.29) is 39.7 Å². The second-order valence-electron chi connectivity index (χ2n) is 14.7. The van der Waals surface area contributed by atoms with Crippen LogP contribution in [0.2, 0.25) is 0 Å². The van der Waals surface area contributed by atoms with Crippen LogP contribution < -0.4 is 0 Å². The van der Waals surface area contributed by atoms with Crippen LogP contribution in [0.3, 0.4) is 0 Å². The van der Waals surface area contributed by atoms with Gasteiger partial charge in [0.05, 0.1) is 12.2 Å². The van der Waals surface area contributed by atoms with E-state index < -0.39 is 17.1 Å². The predicted molar refractivity (Wildman–Crippen MR) is 127 cm³/mol. The Labute approximate surface area is 199 Å². The number of esters is 1. The number of allylic oxidation sites excluding steroid dienone is 1. The van der Waals surface area contributed by atoms with Gasteiger partial charge in [-0.1, -0.05) is 47.6 Å². The van der Waals surface area contributed by atoms with E-state index in [0.717, 1.165) is 51.4 Å². The van der Waals surface area contributed by atoms with Gasteiger partial charge < -0.3 is 14.9 Å². The van der Waals surface area contributed by atoms with E-state index in [1.807, 2.05) is 0 Å². The Hall–Kier alpha value is -0.870. The van der Waals surface area contributed by atoms with Gasteiger partial charge in [-0.25, -0.2) is 0 Å². The van der Waals surface area contributed by atoms with E-state index in [2.05, 4.69) is 47.6 Å². The minimum Gasteiger partial charge on any atom is -0.453 e. The van der Waals surface area contributed by atoms with Gasteiger partial charge in [-0.3, -0.25) is 4.79 Å². The molecule has 7 aliphatic rings. The maximum atomic E-state index is 13.8. The number of carbonyl (C=O) groups excluding carboxylic acids is 1. The largest absolute Gasteiger partial charge is 0.453 e. The summed E-state index contributed by atoms with van der Waals surface area (Å²) in [6, 6.07) is 0. The SMILES string of the molecule is CC1(C)CC(O)[C@@]23CC[C@]4(OC2=O)C(=CC[C@@H]2[C@@]5(C)CC[C@H](O)C(C)(C)[C@@H]5CC[C@]24C)[C@@H]3C1. The topological polar surface area (TPSA) is 66.8 Å². The molecule has 7 rings (SSSR count). The highest BCUT2D eigenvalue weighted by Crippen LogP contribution is 2.76. The summed E-state index contributed by atoms with van der Waals surface area (Å²) in [5.41, 5.74) is 0.103. The molecule has 2 N–H and O–H groups in total. The third-order valence-corrected chi connectivity index (χ3v) is 12.6. The Kier molecular flexibility index (Phi) is 4.29. The van der Waals surface area contributed by atoms with Crippen LogP contribution in [-0.2, 0) is 9.53 Å². The molecule has 5 aliphatic carbocycles. The molecule has 4 nitrogen and oxygen atoms in total. The highest BCUT2D eigenvalue weighted by Gasteiger charge is 2.76. The maximum absolute atomic E-state index is 13.8. The Balaban J connectivity index is 1.48. The molecule has 33 heavy (non-hydrogen) atoms. The molecule has 0 aromatic carbocycles. The monoisotopic (exact) mass is 456 g/mol. The maximum Gasteiger partial charge on any atom is 0.316 e. The number of aliphatic hydroxyl groups is 2. The second-order valence-corrected chi connectivity index (χ2v) is 14.7.